The summed E-state index contributed by atoms with van der Waals surface area (Å²) in [5.41, 5.74) is 3.95. The van der Waals surface area contributed by atoms with E-state index >= 15 is 0 Å². The number of aromatic nitrogens is 3. The lowest BCUT2D eigenvalue weighted by Gasteiger charge is -2.29. The van der Waals surface area contributed by atoms with Crippen LogP contribution in [-0.4, -0.2) is 41.3 Å². The molecule has 2 aromatic heterocycles. The van der Waals surface area contributed by atoms with Gasteiger partial charge >= 0.3 is 0 Å². The summed E-state index contributed by atoms with van der Waals surface area (Å²) in [7, 11) is 0. The smallest absolute Gasteiger partial charge is 0.160 e. The Hall–Kier alpha value is -3.16. The zero-order chi connectivity index (χ0) is 22.9. The van der Waals surface area contributed by atoms with Gasteiger partial charge in [0.2, 0.25) is 0 Å². The van der Waals surface area contributed by atoms with E-state index in [4.69, 9.17) is 16.3 Å². The zero-order valence-corrected chi connectivity index (χ0v) is 18.7. The van der Waals surface area contributed by atoms with Crippen LogP contribution in [0.3, 0.4) is 0 Å². The normalized spacial score (nSPS) is 15.1. The van der Waals surface area contributed by atoms with Crippen LogP contribution in [0.15, 0.2) is 55.1 Å². The van der Waals surface area contributed by atoms with Crippen molar-refractivity contribution in [2.45, 2.75) is 12.8 Å². The van der Waals surface area contributed by atoms with E-state index in [1.807, 2.05) is 25.1 Å². The van der Waals surface area contributed by atoms with E-state index in [0.29, 0.717) is 30.0 Å². The summed E-state index contributed by atoms with van der Waals surface area (Å²) in [5, 5.41) is 0.773. The van der Waals surface area contributed by atoms with Gasteiger partial charge in [-0.05, 0) is 41.5 Å². The highest BCUT2D eigenvalue weighted by molar-refractivity contribution is 6.31. The van der Waals surface area contributed by atoms with Crippen LogP contribution in [0.2, 0.25) is 5.02 Å². The Bertz CT molecular complexity index is 1330. The van der Waals surface area contributed by atoms with Crippen LogP contribution < -0.4 is 4.90 Å². The minimum atomic E-state index is -0.582. The van der Waals surface area contributed by atoms with Crippen LogP contribution in [0.1, 0.15) is 24.0 Å². The van der Waals surface area contributed by atoms with Crippen molar-refractivity contribution in [1.82, 2.24) is 15.0 Å². The average molecular weight is 467 g/mol. The molecule has 1 fully saturated rings. The molecule has 0 saturated carbocycles. The summed E-state index contributed by atoms with van der Waals surface area (Å²) in [6.07, 6.45) is 4.06. The third kappa shape index (κ3) is 4.14. The highest BCUT2D eigenvalue weighted by Crippen LogP contribution is 2.35. The van der Waals surface area contributed by atoms with Crippen LogP contribution in [0, 0.1) is 11.6 Å². The molecule has 0 aliphatic carbocycles. The molecular weight excluding hydrogens is 446 g/mol. The van der Waals surface area contributed by atoms with Crippen molar-refractivity contribution in [2.75, 3.05) is 31.2 Å². The molecule has 1 aliphatic heterocycles. The molecule has 33 heavy (non-hydrogen) atoms. The van der Waals surface area contributed by atoms with Gasteiger partial charge in [-0.3, -0.25) is 4.98 Å². The van der Waals surface area contributed by atoms with Gasteiger partial charge in [-0.2, -0.15) is 0 Å². The van der Waals surface area contributed by atoms with Crippen LogP contribution in [0.4, 0.5) is 14.5 Å². The first-order valence-electron chi connectivity index (χ1n) is 10.7. The van der Waals surface area contributed by atoms with Crippen LogP contribution >= 0.6 is 11.6 Å². The number of ether oxygens (including phenoxy) is 1. The summed E-state index contributed by atoms with van der Waals surface area (Å²) < 4.78 is 34.3. The highest BCUT2D eigenvalue weighted by atomic mass is 35.5. The average Bonchev–Trinajstić information content (AvgIpc) is 2.85. The Labute approximate surface area is 195 Å². The number of halogens is 3. The third-order valence-electron chi connectivity index (χ3n) is 6.07. The lowest BCUT2D eigenvalue weighted by atomic mass is 9.91. The fourth-order valence-electron chi connectivity index (χ4n) is 4.19. The van der Waals surface area contributed by atoms with E-state index < -0.39 is 11.6 Å². The van der Waals surface area contributed by atoms with Crippen LogP contribution in [0.25, 0.3) is 22.2 Å². The van der Waals surface area contributed by atoms with Crippen molar-refractivity contribution in [3.8, 4) is 11.3 Å². The van der Waals surface area contributed by atoms with E-state index in [2.05, 4.69) is 19.9 Å². The molecule has 0 amide bonds. The van der Waals surface area contributed by atoms with Crippen molar-refractivity contribution in [3.63, 3.8) is 0 Å². The SMILES string of the molecule is CC(c1ccc(F)c(-c2ncnc3cc(N4CCOCC4)ccc23)c1)c1cncc(F)c1Cl. The van der Waals surface area contributed by atoms with Crippen molar-refractivity contribution in [3.05, 3.63) is 82.9 Å². The molecule has 0 radical (unpaired) electrons. The van der Waals surface area contributed by atoms with Gasteiger partial charge in [0.05, 0.1) is 35.6 Å². The molecule has 0 bridgehead atoms. The molecule has 1 unspecified atom stereocenters. The van der Waals surface area contributed by atoms with E-state index in [9.17, 15) is 8.78 Å². The molecule has 3 heterocycles. The number of hydrogen-bond donors (Lipinski definition) is 0. The van der Waals surface area contributed by atoms with Gasteiger partial charge in [0.15, 0.2) is 5.82 Å². The molecule has 1 saturated heterocycles. The molecule has 168 valence electrons. The Morgan fingerprint density at radius 3 is 2.64 bits per heavy atom. The summed E-state index contributed by atoms with van der Waals surface area (Å²) >= 11 is 6.16. The monoisotopic (exact) mass is 466 g/mol. The fourth-order valence-corrected chi connectivity index (χ4v) is 4.45. The van der Waals surface area contributed by atoms with Gasteiger partial charge in [0, 0.05) is 41.8 Å². The Kier molecular flexibility index (Phi) is 5.91. The van der Waals surface area contributed by atoms with Gasteiger partial charge in [-0.15, -0.1) is 0 Å². The van der Waals surface area contributed by atoms with Gasteiger partial charge < -0.3 is 9.64 Å². The molecular formula is C25H21ClF2N4O. The fraction of sp³-hybridized carbons (Fsp3) is 0.240. The third-order valence-corrected chi connectivity index (χ3v) is 6.47. The summed E-state index contributed by atoms with van der Waals surface area (Å²) in [6, 6.07) is 10.7. The molecule has 0 spiro atoms. The minimum Gasteiger partial charge on any atom is -0.378 e. The number of fused-ring (bicyclic) bond motifs is 1. The van der Waals surface area contributed by atoms with E-state index in [1.165, 1.54) is 18.6 Å². The lowest BCUT2D eigenvalue weighted by Crippen LogP contribution is -2.36. The number of benzene rings is 2. The molecule has 4 aromatic rings. The Morgan fingerprint density at radius 2 is 1.82 bits per heavy atom. The number of morpholine rings is 1. The quantitative estimate of drug-likeness (QED) is 0.391. The first-order valence-corrected chi connectivity index (χ1v) is 11.1. The predicted molar refractivity (Wildman–Crippen MR) is 125 cm³/mol. The van der Waals surface area contributed by atoms with E-state index in [-0.39, 0.29) is 10.9 Å². The summed E-state index contributed by atoms with van der Waals surface area (Å²) in [5.74, 6) is -1.27. The topological polar surface area (TPSA) is 51.1 Å². The number of pyridine rings is 1. The van der Waals surface area contributed by atoms with Gasteiger partial charge in [0.25, 0.3) is 0 Å². The maximum Gasteiger partial charge on any atom is 0.160 e. The maximum absolute atomic E-state index is 15.0. The molecule has 5 nitrogen and oxygen atoms in total. The number of rotatable bonds is 4. The molecule has 1 aliphatic rings. The van der Waals surface area contributed by atoms with Gasteiger partial charge in [-0.25, -0.2) is 18.7 Å². The van der Waals surface area contributed by atoms with Crippen molar-refractivity contribution < 1.29 is 13.5 Å². The Morgan fingerprint density at radius 1 is 1.00 bits per heavy atom. The molecule has 1 atom stereocenters. The standard InChI is InChI=1S/C25H21ClF2N4O/c1-15(20-12-29-13-22(28)24(20)26)16-2-5-21(27)19(10-16)25-18-4-3-17(11-23(18)30-14-31-25)32-6-8-33-9-7-32/h2-5,10-15H,6-9H2,1H3. The Balaban J connectivity index is 1.56. The van der Waals surface area contributed by atoms with E-state index in [1.54, 1.807) is 12.1 Å². The molecule has 0 N–H and O–H groups in total. The van der Waals surface area contributed by atoms with Crippen molar-refractivity contribution in [1.29, 1.82) is 0 Å². The largest absolute Gasteiger partial charge is 0.378 e. The molecule has 5 rings (SSSR count). The van der Waals surface area contributed by atoms with Crippen LogP contribution in [-0.2, 0) is 4.74 Å². The number of anilines is 1. The van der Waals surface area contributed by atoms with Crippen molar-refractivity contribution in [2.24, 2.45) is 0 Å². The predicted octanol–water partition coefficient (Wildman–Crippen LogP) is 5.61. The second kappa shape index (κ2) is 9.00. The maximum atomic E-state index is 15.0. The number of hydrogen-bond acceptors (Lipinski definition) is 5. The zero-order valence-electron chi connectivity index (χ0n) is 17.9. The molecule has 8 heteroatoms. The van der Waals surface area contributed by atoms with Gasteiger partial charge in [-0.1, -0.05) is 24.6 Å². The first-order chi connectivity index (χ1) is 16.0. The minimum absolute atomic E-state index is 0.0199. The number of nitrogens with zero attached hydrogens (tertiary/aromatic N) is 4. The summed E-state index contributed by atoms with van der Waals surface area (Å²) in [6.45, 7) is 4.89. The summed E-state index contributed by atoms with van der Waals surface area (Å²) in [4.78, 5) is 15.0. The lowest BCUT2D eigenvalue weighted by molar-refractivity contribution is 0.122. The first kappa shape index (κ1) is 21.7. The second-order valence-electron chi connectivity index (χ2n) is 8.01. The highest BCUT2D eigenvalue weighted by Gasteiger charge is 2.19. The van der Waals surface area contributed by atoms with Crippen LogP contribution in [0.5, 0.6) is 0 Å². The second-order valence-corrected chi connectivity index (χ2v) is 8.39. The molecule has 2 aromatic carbocycles. The van der Waals surface area contributed by atoms with E-state index in [0.717, 1.165) is 41.4 Å². The van der Waals surface area contributed by atoms with Crippen molar-refractivity contribution >= 4 is 28.2 Å². The van der Waals surface area contributed by atoms with Gasteiger partial charge in [0.1, 0.15) is 12.1 Å².